The SMILES string of the molecule is [Fe+2].c1cc[c-](Cn2cccc2)c1.c1cc[cH-]c1. The van der Waals surface area contributed by atoms with Crippen molar-refractivity contribution in [3.8, 4) is 0 Å². The van der Waals surface area contributed by atoms with Gasteiger partial charge in [-0.3, -0.25) is 0 Å². The molecule has 0 atom stereocenters. The molecule has 1 heterocycles. The molecule has 0 bridgehead atoms. The summed E-state index contributed by atoms with van der Waals surface area (Å²) in [6.45, 7) is 0.986. The summed E-state index contributed by atoms with van der Waals surface area (Å²) in [7, 11) is 0. The zero-order valence-electron chi connectivity index (χ0n) is 9.51. The summed E-state index contributed by atoms with van der Waals surface area (Å²) < 4.78 is 2.16. The van der Waals surface area contributed by atoms with Gasteiger partial charge in [0.25, 0.3) is 0 Å². The molecule has 0 saturated heterocycles. The molecule has 2 aromatic carbocycles. The Morgan fingerprint density at radius 2 is 1.41 bits per heavy atom. The molecule has 0 N–H and O–H groups in total. The van der Waals surface area contributed by atoms with Gasteiger partial charge in [-0.25, -0.2) is 24.3 Å². The molecule has 0 radical (unpaired) electrons. The van der Waals surface area contributed by atoms with Crippen molar-refractivity contribution in [2.45, 2.75) is 6.54 Å². The van der Waals surface area contributed by atoms with Gasteiger partial charge in [-0.1, -0.05) is 0 Å². The minimum absolute atomic E-state index is 0. The standard InChI is InChI=1S/C10H10N.C5H5.Fe/c1-2-6-10(5-1)9-11-7-3-4-8-11;1-2-4-5-3-1;/h1-8H,9H2;1-5H;/q2*-1;+2. The molecule has 88 valence electrons. The van der Waals surface area contributed by atoms with Crippen LogP contribution in [0, 0.1) is 0 Å². The monoisotopic (exact) mass is 265 g/mol. The van der Waals surface area contributed by atoms with Crippen LogP contribution in [0.3, 0.4) is 0 Å². The third kappa shape index (κ3) is 4.90. The number of nitrogens with zero attached hydrogens (tertiary/aromatic N) is 1. The number of rotatable bonds is 2. The van der Waals surface area contributed by atoms with Gasteiger partial charge in [0.05, 0.1) is 0 Å². The number of hydrogen-bond donors (Lipinski definition) is 0. The van der Waals surface area contributed by atoms with Crippen LogP contribution in [0.4, 0.5) is 0 Å². The number of hydrogen-bond acceptors (Lipinski definition) is 0. The Kier molecular flexibility index (Phi) is 6.16. The van der Waals surface area contributed by atoms with Crippen LogP contribution in [0.5, 0.6) is 0 Å². The minimum Gasteiger partial charge on any atom is -0.361 e. The van der Waals surface area contributed by atoms with Crippen LogP contribution in [0.1, 0.15) is 5.56 Å². The Labute approximate surface area is 113 Å². The molecule has 0 spiro atoms. The summed E-state index contributed by atoms with van der Waals surface area (Å²) in [6.07, 6.45) is 4.15. The molecule has 0 saturated carbocycles. The second-order valence-electron chi connectivity index (χ2n) is 3.61. The van der Waals surface area contributed by atoms with E-state index in [9.17, 15) is 0 Å². The average Bonchev–Trinajstić information content (AvgIpc) is 3.05. The fourth-order valence-corrected chi connectivity index (χ4v) is 1.53. The van der Waals surface area contributed by atoms with Gasteiger partial charge in [-0.2, -0.15) is 30.3 Å². The zero-order chi connectivity index (χ0) is 11.1. The third-order valence-electron chi connectivity index (χ3n) is 2.32. The molecule has 0 amide bonds. The van der Waals surface area contributed by atoms with E-state index < -0.39 is 0 Å². The minimum atomic E-state index is 0. The fraction of sp³-hybridized carbons (Fsp3) is 0.0667. The first-order valence-electron chi connectivity index (χ1n) is 5.43. The van der Waals surface area contributed by atoms with Gasteiger partial charge in [0.2, 0.25) is 0 Å². The average molecular weight is 265 g/mol. The molecule has 0 aliphatic heterocycles. The molecule has 3 rings (SSSR count). The van der Waals surface area contributed by atoms with Crippen LogP contribution in [-0.2, 0) is 23.6 Å². The molecule has 0 unspecified atom stereocenters. The topological polar surface area (TPSA) is 4.93 Å². The maximum absolute atomic E-state index is 2.16. The van der Waals surface area contributed by atoms with E-state index in [2.05, 4.69) is 41.2 Å². The van der Waals surface area contributed by atoms with E-state index >= 15 is 0 Å². The van der Waals surface area contributed by atoms with Crippen LogP contribution in [0.25, 0.3) is 0 Å². The third-order valence-corrected chi connectivity index (χ3v) is 2.32. The van der Waals surface area contributed by atoms with E-state index in [1.54, 1.807) is 0 Å². The summed E-state index contributed by atoms with van der Waals surface area (Å²) >= 11 is 0. The predicted molar refractivity (Wildman–Crippen MR) is 67.6 cm³/mol. The number of aromatic nitrogens is 1. The molecule has 0 aliphatic rings. The summed E-state index contributed by atoms with van der Waals surface area (Å²) in [6, 6.07) is 22.5. The largest absolute Gasteiger partial charge is 2.00 e. The summed E-state index contributed by atoms with van der Waals surface area (Å²) in [4.78, 5) is 0. The van der Waals surface area contributed by atoms with E-state index in [0.29, 0.717) is 0 Å². The maximum atomic E-state index is 2.16. The van der Waals surface area contributed by atoms with Gasteiger partial charge in [-0.05, 0) is 12.1 Å². The maximum Gasteiger partial charge on any atom is 2.00 e. The molecule has 17 heavy (non-hydrogen) atoms. The molecule has 0 fully saturated rings. The van der Waals surface area contributed by atoms with Crippen molar-refractivity contribution in [3.05, 3.63) is 84.7 Å². The van der Waals surface area contributed by atoms with Crippen molar-refractivity contribution in [2.75, 3.05) is 0 Å². The van der Waals surface area contributed by atoms with Gasteiger partial charge >= 0.3 is 17.1 Å². The van der Waals surface area contributed by atoms with Crippen LogP contribution < -0.4 is 0 Å². The Hall–Kier alpha value is -1.50. The molecule has 1 aromatic heterocycles. The Balaban J connectivity index is 0.000000205. The van der Waals surface area contributed by atoms with E-state index in [1.807, 2.05) is 42.5 Å². The second-order valence-corrected chi connectivity index (χ2v) is 3.61. The first-order chi connectivity index (χ1) is 7.95. The van der Waals surface area contributed by atoms with Crippen LogP contribution in [0.15, 0.2) is 79.1 Å². The summed E-state index contributed by atoms with van der Waals surface area (Å²) in [5.74, 6) is 0. The molecular weight excluding hydrogens is 250 g/mol. The Morgan fingerprint density at radius 3 is 1.88 bits per heavy atom. The van der Waals surface area contributed by atoms with Crippen molar-refractivity contribution >= 4 is 0 Å². The molecule has 3 aromatic rings. The van der Waals surface area contributed by atoms with Gasteiger partial charge in [0, 0.05) is 18.9 Å². The van der Waals surface area contributed by atoms with Crippen LogP contribution in [0.2, 0.25) is 0 Å². The van der Waals surface area contributed by atoms with Crippen LogP contribution in [-0.4, -0.2) is 4.57 Å². The Morgan fingerprint density at radius 1 is 0.824 bits per heavy atom. The quantitative estimate of drug-likeness (QED) is 0.492. The van der Waals surface area contributed by atoms with Crippen molar-refractivity contribution in [1.82, 2.24) is 4.57 Å². The van der Waals surface area contributed by atoms with Gasteiger partial charge in [0.15, 0.2) is 0 Å². The van der Waals surface area contributed by atoms with Crippen molar-refractivity contribution in [3.63, 3.8) is 0 Å². The smallest absolute Gasteiger partial charge is 0.361 e. The molecular formula is C15H15FeN. The Bertz CT molecular complexity index is 400. The van der Waals surface area contributed by atoms with E-state index in [1.165, 1.54) is 5.56 Å². The molecule has 0 aliphatic carbocycles. The normalized spacial score (nSPS) is 8.94. The summed E-state index contributed by atoms with van der Waals surface area (Å²) in [5.41, 5.74) is 1.36. The first kappa shape index (κ1) is 13.6. The van der Waals surface area contributed by atoms with Crippen molar-refractivity contribution in [2.24, 2.45) is 0 Å². The fourth-order valence-electron chi connectivity index (χ4n) is 1.53. The van der Waals surface area contributed by atoms with Gasteiger partial charge < -0.3 is 4.57 Å². The van der Waals surface area contributed by atoms with E-state index in [4.69, 9.17) is 0 Å². The van der Waals surface area contributed by atoms with E-state index in [0.717, 1.165) is 6.54 Å². The van der Waals surface area contributed by atoms with Crippen LogP contribution >= 0.6 is 0 Å². The van der Waals surface area contributed by atoms with Gasteiger partial charge in [-0.15, -0.1) is 5.56 Å². The van der Waals surface area contributed by atoms with Crippen molar-refractivity contribution in [1.29, 1.82) is 0 Å². The predicted octanol–water partition coefficient (Wildman–Crippen LogP) is 3.66. The zero-order valence-corrected chi connectivity index (χ0v) is 10.6. The second kappa shape index (κ2) is 7.72. The first-order valence-corrected chi connectivity index (χ1v) is 5.43. The summed E-state index contributed by atoms with van der Waals surface area (Å²) in [5, 5.41) is 0. The molecule has 2 heteroatoms. The molecule has 1 nitrogen and oxygen atoms in total. The van der Waals surface area contributed by atoms with Gasteiger partial charge in [0.1, 0.15) is 0 Å². The van der Waals surface area contributed by atoms with E-state index in [-0.39, 0.29) is 17.1 Å². The van der Waals surface area contributed by atoms with Crippen molar-refractivity contribution < 1.29 is 17.1 Å².